The molecule has 0 bridgehead atoms. The van der Waals surface area contributed by atoms with E-state index in [2.05, 4.69) is 0 Å². The van der Waals surface area contributed by atoms with Crippen molar-refractivity contribution >= 4 is 12.1 Å². The van der Waals surface area contributed by atoms with Crippen molar-refractivity contribution in [1.82, 2.24) is 4.90 Å². The topological polar surface area (TPSA) is 55.8 Å². The Hall–Kier alpha value is -2.04. The van der Waals surface area contributed by atoms with E-state index in [1.807, 2.05) is 37.3 Å². The normalized spacial score (nSPS) is 21.8. The van der Waals surface area contributed by atoms with Crippen LogP contribution in [0.4, 0.5) is 4.79 Å². The van der Waals surface area contributed by atoms with Crippen LogP contribution in [0.15, 0.2) is 30.3 Å². The summed E-state index contributed by atoms with van der Waals surface area (Å²) in [6, 6.07) is 9.66. The second-order valence-electron chi connectivity index (χ2n) is 6.40. The average molecular weight is 317 g/mol. The van der Waals surface area contributed by atoms with Crippen molar-refractivity contribution < 1.29 is 19.1 Å². The summed E-state index contributed by atoms with van der Waals surface area (Å²) >= 11 is 0. The van der Waals surface area contributed by atoms with Crippen molar-refractivity contribution in [2.75, 3.05) is 19.7 Å². The van der Waals surface area contributed by atoms with Crippen LogP contribution in [0, 0.1) is 11.3 Å². The van der Waals surface area contributed by atoms with Crippen molar-refractivity contribution in [1.29, 1.82) is 0 Å². The van der Waals surface area contributed by atoms with Gasteiger partial charge in [-0.15, -0.1) is 0 Å². The molecule has 1 saturated heterocycles. The molecule has 2 aliphatic rings. The van der Waals surface area contributed by atoms with Gasteiger partial charge >= 0.3 is 12.1 Å². The highest BCUT2D eigenvalue weighted by Gasteiger charge is 2.59. The van der Waals surface area contributed by atoms with Crippen molar-refractivity contribution in [2.45, 2.75) is 32.8 Å². The maximum absolute atomic E-state index is 12.1. The number of likely N-dealkylation sites (tertiary alicyclic amines) is 1. The van der Waals surface area contributed by atoms with E-state index < -0.39 is 0 Å². The summed E-state index contributed by atoms with van der Waals surface area (Å²) in [5.41, 5.74) is 1.06. The van der Waals surface area contributed by atoms with E-state index in [1.165, 1.54) is 0 Å². The maximum atomic E-state index is 12.1. The highest BCUT2D eigenvalue weighted by atomic mass is 16.6. The zero-order valence-electron chi connectivity index (χ0n) is 13.5. The van der Waals surface area contributed by atoms with Crippen LogP contribution >= 0.6 is 0 Å². The van der Waals surface area contributed by atoms with Gasteiger partial charge in [0.05, 0.1) is 12.5 Å². The van der Waals surface area contributed by atoms with Gasteiger partial charge in [0.15, 0.2) is 0 Å². The third kappa shape index (κ3) is 3.49. The van der Waals surface area contributed by atoms with Crippen LogP contribution in [-0.2, 0) is 20.9 Å². The molecule has 3 rings (SSSR count). The number of hydrogen-bond donors (Lipinski definition) is 0. The van der Waals surface area contributed by atoms with Gasteiger partial charge in [-0.25, -0.2) is 4.79 Å². The number of benzene rings is 1. The van der Waals surface area contributed by atoms with Gasteiger partial charge in [-0.2, -0.15) is 0 Å². The van der Waals surface area contributed by atoms with Crippen molar-refractivity contribution in [3.8, 4) is 0 Å². The van der Waals surface area contributed by atoms with E-state index in [0.717, 1.165) is 24.8 Å². The maximum Gasteiger partial charge on any atom is 0.410 e. The molecule has 0 aromatic heterocycles. The molecule has 124 valence electrons. The minimum atomic E-state index is -0.267. The third-order valence-corrected chi connectivity index (χ3v) is 4.98. The van der Waals surface area contributed by atoms with Gasteiger partial charge in [0, 0.05) is 13.1 Å². The molecule has 1 aliphatic heterocycles. The number of rotatable bonds is 4. The Morgan fingerprint density at radius 2 is 1.87 bits per heavy atom. The molecule has 0 N–H and O–H groups in total. The molecule has 1 saturated carbocycles. The van der Waals surface area contributed by atoms with E-state index in [-0.39, 0.29) is 23.4 Å². The summed E-state index contributed by atoms with van der Waals surface area (Å²) in [6.45, 7) is 3.88. The van der Waals surface area contributed by atoms with Crippen LogP contribution in [0.1, 0.15) is 31.7 Å². The molecule has 1 aromatic carbocycles. The largest absolute Gasteiger partial charge is 0.466 e. The Labute approximate surface area is 136 Å². The first-order chi connectivity index (χ1) is 11.1. The van der Waals surface area contributed by atoms with Crippen LogP contribution in [0.25, 0.3) is 0 Å². The lowest BCUT2D eigenvalue weighted by Crippen LogP contribution is -2.40. The summed E-state index contributed by atoms with van der Waals surface area (Å²) in [4.78, 5) is 25.7. The fraction of sp³-hybridized carbons (Fsp3) is 0.556. The Kier molecular flexibility index (Phi) is 4.55. The monoisotopic (exact) mass is 317 g/mol. The van der Waals surface area contributed by atoms with Crippen LogP contribution < -0.4 is 0 Å². The van der Waals surface area contributed by atoms with Gasteiger partial charge in [-0.05, 0) is 37.2 Å². The Morgan fingerprint density at radius 1 is 1.17 bits per heavy atom. The number of hydrogen-bond acceptors (Lipinski definition) is 4. The molecule has 23 heavy (non-hydrogen) atoms. The van der Waals surface area contributed by atoms with Gasteiger partial charge in [-0.1, -0.05) is 30.3 Å². The third-order valence-electron chi connectivity index (χ3n) is 4.98. The molecule has 0 radical (unpaired) electrons. The second kappa shape index (κ2) is 6.60. The Balaban J connectivity index is 1.44. The van der Waals surface area contributed by atoms with Crippen LogP contribution in [0.2, 0.25) is 0 Å². The second-order valence-corrected chi connectivity index (χ2v) is 6.40. The van der Waals surface area contributed by atoms with Crippen LogP contribution in [0.3, 0.4) is 0 Å². The fourth-order valence-electron chi connectivity index (χ4n) is 3.42. The number of nitrogens with zero attached hydrogens (tertiary/aromatic N) is 1. The smallest absolute Gasteiger partial charge is 0.410 e. The van der Waals surface area contributed by atoms with Crippen molar-refractivity contribution in [3.63, 3.8) is 0 Å². The Morgan fingerprint density at radius 3 is 2.52 bits per heavy atom. The number of carbonyl (C=O) groups excluding carboxylic acids is 2. The summed E-state index contributed by atoms with van der Waals surface area (Å²) < 4.78 is 10.5. The van der Waals surface area contributed by atoms with Crippen molar-refractivity contribution in [3.05, 3.63) is 35.9 Å². The van der Waals surface area contributed by atoms with Crippen LogP contribution in [0.5, 0.6) is 0 Å². The molecule has 1 aromatic rings. The molecule has 5 heteroatoms. The summed E-state index contributed by atoms with van der Waals surface area (Å²) in [5, 5.41) is 0. The molecule has 1 aliphatic carbocycles. The van der Waals surface area contributed by atoms with Gasteiger partial charge in [-0.3, -0.25) is 4.79 Å². The predicted octanol–water partition coefficient (Wildman–Crippen LogP) is 2.99. The molecule has 1 spiro atoms. The molecular formula is C18H23NO4. The van der Waals surface area contributed by atoms with Crippen LogP contribution in [-0.4, -0.2) is 36.7 Å². The fourth-order valence-corrected chi connectivity index (χ4v) is 3.42. The quantitative estimate of drug-likeness (QED) is 0.801. The van der Waals surface area contributed by atoms with E-state index in [4.69, 9.17) is 9.47 Å². The van der Waals surface area contributed by atoms with Gasteiger partial charge in [0.25, 0.3) is 0 Å². The summed E-state index contributed by atoms with van der Waals surface area (Å²) in [7, 11) is 0. The van der Waals surface area contributed by atoms with E-state index in [0.29, 0.717) is 26.3 Å². The van der Waals surface area contributed by atoms with Gasteiger partial charge in [0.2, 0.25) is 0 Å². The molecule has 2 fully saturated rings. The number of amides is 1. The SMILES string of the molecule is CCOC(=O)[C@@H]1CC12CCN(C(=O)OCc1ccccc1)CC2. The van der Waals surface area contributed by atoms with Gasteiger partial charge < -0.3 is 14.4 Å². The standard InChI is InChI=1S/C18H23NO4/c1-2-22-16(20)15-12-18(15)8-10-19(11-9-18)17(21)23-13-14-6-4-3-5-7-14/h3-7,15H,2,8-13H2,1H3/t15-/m0/s1. The lowest BCUT2D eigenvalue weighted by Gasteiger charge is -2.32. The number of esters is 1. The predicted molar refractivity (Wildman–Crippen MR) is 84.6 cm³/mol. The molecule has 5 nitrogen and oxygen atoms in total. The average Bonchev–Trinajstić information content (AvgIpc) is 3.28. The molecular weight excluding hydrogens is 294 g/mol. The van der Waals surface area contributed by atoms with Gasteiger partial charge in [0.1, 0.15) is 6.61 Å². The highest BCUT2D eigenvalue weighted by Crippen LogP contribution is 2.59. The summed E-state index contributed by atoms with van der Waals surface area (Å²) in [5.74, 6) is -0.0439. The number of ether oxygens (including phenoxy) is 2. The Bertz CT molecular complexity index is 564. The number of piperidine rings is 1. The van der Waals surface area contributed by atoms with E-state index >= 15 is 0 Å². The van der Waals surface area contributed by atoms with E-state index in [9.17, 15) is 9.59 Å². The lowest BCUT2D eigenvalue weighted by molar-refractivity contribution is -0.145. The highest BCUT2D eigenvalue weighted by molar-refractivity contribution is 5.77. The molecule has 1 atom stereocenters. The zero-order chi connectivity index (χ0) is 16.3. The minimum absolute atomic E-state index is 0.0324. The lowest BCUT2D eigenvalue weighted by atomic mass is 9.91. The molecule has 1 amide bonds. The number of carbonyl (C=O) groups is 2. The first-order valence-corrected chi connectivity index (χ1v) is 8.27. The molecule has 1 heterocycles. The van der Waals surface area contributed by atoms with E-state index in [1.54, 1.807) is 4.90 Å². The molecule has 0 unspecified atom stereocenters. The summed E-state index contributed by atoms with van der Waals surface area (Å²) in [6.07, 6.45) is 2.35. The van der Waals surface area contributed by atoms with Crippen molar-refractivity contribution in [2.24, 2.45) is 11.3 Å². The first-order valence-electron chi connectivity index (χ1n) is 8.27. The minimum Gasteiger partial charge on any atom is -0.466 e. The first kappa shape index (κ1) is 15.8. The zero-order valence-corrected chi connectivity index (χ0v) is 13.5.